The van der Waals surface area contributed by atoms with E-state index in [1.54, 1.807) is 12.1 Å². The van der Waals surface area contributed by atoms with Crippen LogP contribution in [-0.2, 0) is 20.7 Å². The lowest BCUT2D eigenvalue weighted by molar-refractivity contribution is -0.188. The van der Waals surface area contributed by atoms with E-state index in [2.05, 4.69) is 4.90 Å². The van der Waals surface area contributed by atoms with Crippen LogP contribution in [0.2, 0.25) is 0 Å². The van der Waals surface area contributed by atoms with Crippen LogP contribution in [0.1, 0.15) is 49.1 Å². The molecule has 0 aromatic heterocycles. The summed E-state index contributed by atoms with van der Waals surface area (Å²) in [6, 6.07) is 14.9. The second-order valence-electron chi connectivity index (χ2n) is 11.6. The van der Waals surface area contributed by atoms with E-state index in [-0.39, 0.29) is 24.2 Å². The fourth-order valence-electron chi connectivity index (χ4n) is 6.28. The minimum atomic E-state index is -4.97. The SMILES string of the molecule is COC(=O)C1(CN2CCC(Cc3ccc(F)cc3)(CN(C(=O)C(F)(F)F)[C@@H]3C[C@H]3c3ccccc3)CC2)CC1. The molecular formula is C30H34F4N2O3. The molecule has 2 atom stereocenters. The molecule has 3 fully saturated rings. The molecule has 2 aromatic carbocycles. The van der Waals surface area contributed by atoms with Crippen LogP contribution in [0.25, 0.3) is 0 Å². The van der Waals surface area contributed by atoms with Gasteiger partial charge in [0, 0.05) is 25.0 Å². The van der Waals surface area contributed by atoms with Gasteiger partial charge < -0.3 is 14.5 Å². The van der Waals surface area contributed by atoms with Crippen molar-refractivity contribution in [3.63, 3.8) is 0 Å². The van der Waals surface area contributed by atoms with E-state index in [9.17, 15) is 27.2 Å². The molecule has 0 bridgehead atoms. The number of hydrogen-bond acceptors (Lipinski definition) is 4. The summed E-state index contributed by atoms with van der Waals surface area (Å²) in [6.07, 6.45) is -1.38. The molecule has 2 saturated carbocycles. The summed E-state index contributed by atoms with van der Waals surface area (Å²) in [6.45, 7) is 1.74. The van der Waals surface area contributed by atoms with E-state index >= 15 is 0 Å². The van der Waals surface area contributed by atoms with Crippen LogP contribution in [0.5, 0.6) is 0 Å². The molecule has 1 amide bonds. The molecule has 39 heavy (non-hydrogen) atoms. The third-order valence-corrected chi connectivity index (χ3v) is 8.80. The van der Waals surface area contributed by atoms with Gasteiger partial charge in [0.05, 0.1) is 12.5 Å². The summed E-state index contributed by atoms with van der Waals surface area (Å²) in [5.74, 6) is -2.52. The van der Waals surface area contributed by atoms with Gasteiger partial charge in [-0.2, -0.15) is 13.2 Å². The highest BCUT2D eigenvalue weighted by Crippen LogP contribution is 2.50. The summed E-state index contributed by atoms with van der Waals surface area (Å²) >= 11 is 0. The number of ether oxygens (including phenoxy) is 1. The van der Waals surface area contributed by atoms with Gasteiger partial charge in [0.15, 0.2) is 0 Å². The summed E-state index contributed by atoms with van der Waals surface area (Å²) in [4.78, 5) is 28.3. The first-order valence-corrected chi connectivity index (χ1v) is 13.5. The topological polar surface area (TPSA) is 49.9 Å². The zero-order valence-corrected chi connectivity index (χ0v) is 22.1. The zero-order chi connectivity index (χ0) is 27.8. The first-order chi connectivity index (χ1) is 18.5. The van der Waals surface area contributed by atoms with Crippen molar-refractivity contribution in [1.29, 1.82) is 0 Å². The number of piperidine rings is 1. The largest absolute Gasteiger partial charge is 0.471 e. The fourth-order valence-corrected chi connectivity index (χ4v) is 6.28. The highest BCUT2D eigenvalue weighted by Gasteiger charge is 2.55. The Kier molecular flexibility index (Phi) is 7.48. The van der Waals surface area contributed by atoms with Crippen molar-refractivity contribution < 1.29 is 31.9 Å². The molecule has 3 aliphatic rings. The molecule has 1 saturated heterocycles. The number of methoxy groups -OCH3 is 1. The lowest BCUT2D eigenvalue weighted by Crippen LogP contribution is -2.53. The van der Waals surface area contributed by atoms with Crippen molar-refractivity contribution in [3.8, 4) is 0 Å². The van der Waals surface area contributed by atoms with Gasteiger partial charge in [0.2, 0.25) is 0 Å². The molecule has 0 unspecified atom stereocenters. The molecule has 9 heteroatoms. The van der Waals surface area contributed by atoms with Gasteiger partial charge in [-0.1, -0.05) is 42.5 Å². The summed E-state index contributed by atoms with van der Waals surface area (Å²) in [5, 5.41) is 0. The number of carbonyl (C=O) groups is 2. The van der Waals surface area contributed by atoms with Crippen LogP contribution < -0.4 is 0 Å². The minimum Gasteiger partial charge on any atom is -0.469 e. The maximum atomic E-state index is 13.8. The van der Waals surface area contributed by atoms with E-state index in [1.807, 2.05) is 30.3 Å². The van der Waals surface area contributed by atoms with Gasteiger partial charge in [-0.25, -0.2) is 4.39 Å². The maximum absolute atomic E-state index is 13.8. The van der Waals surface area contributed by atoms with Gasteiger partial charge in [-0.3, -0.25) is 9.59 Å². The van der Waals surface area contributed by atoms with E-state index in [1.165, 1.54) is 19.2 Å². The quantitative estimate of drug-likeness (QED) is 0.314. The predicted octanol–water partition coefficient (Wildman–Crippen LogP) is 5.35. The van der Waals surface area contributed by atoms with Crippen LogP contribution in [0.4, 0.5) is 17.6 Å². The molecule has 0 N–H and O–H groups in total. The number of carbonyl (C=O) groups excluding carboxylic acids is 2. The Bertz CT molecular complexity index is 1170. The predicted molar refractivity (Wildman–Crippen MR) is 137 cm³/mol. The number of nitrogens with zero attached hydrogens (tertiary/aromatic N) is 2. The lowest BCUT2D eigenvalue weighted by atomic mass is 9.73. The maximum Gasteiger partial charge on any atom is 0.471 e. The summed E-state index contributed by atoms with van der Waals surface area (Å²) in [7, 11) is 1.39. The smallest absolute Gasteiger partial charge is 0.469 e. The van der Waals surface area contributed by atoms with E-state index < -0.39 is 29.0 Å². The van der Waals surface area contributed by atoms with Crippen LogP contribution in [0, 0.1) is 16.6 Å². The second kappa shape index (κ2) is 10.6. The third kappa shape index (κ3) is 6.13. The van der Waals surface area contributed by atoms with Gasteiger partial charge in [0.1, 0.15) is 5.82 Å². The molecule has 0 spiro atoms. The van der Waals surface area contributed by atoms with Gasteiger partial charge >= 0.3 is 18.1 Å². The normalized spacial score (nSPS) is 23.6. The summed E-state index contributed by atoms with van der Waals surface area (Å²) < 4.78 is 60.1. The van der Waals surface area contributed by atoms with Crippen molar-refractivity contribution in [2.75, 3.05) is 33.3 Å². The molecule has 210 valence electrons. The Morgan fingerprint density at radius 2 is 1.64 bits per heavy atom. The van der Waals surface area contributed by atoms with Crippen LogP contribution in [0.3, 0.4) is 0 Å². The molecule has 2 aliphatic carbocycles. The van der Waals surface area contributed by atoms with Crippen molar-refractivity contribution in [1.82, 2.24) is 9.80 Å². The third-order valence-electron chi connectivity index (χ3n) is 8.80. The Labute approximate surface area is 226 Å². The first kappa shape index (κ1) is 27.6. The molecule has 1 aliphatic heterocycles. The zero-order valence-electron chi connectivity index (χ0n) is 22.1. The average Bonchev–Trinajstić information content (AvgIpc) is 3.85. The number of amides is 1. The van der Waals surface area contributed by atoms with Crippen molar-refractivity contribution in [2.24, 2.45) is 10.8 Å². The number of halogens is 4. The minimum absolute atomic E-state index is 0.0211. The number of hydrogen-bond donors (Lipinski definition) is 0. The van der Waals surface area contributed by atoms with Crippen molar-refractivity contribution in [2.45, 2.75) is 56.7 Å². The van der Waals surface area contributed by atoms with Crippen LogP contribution >= 0.6 is 0 Å². The first-order valence-electron chi connectivity index (χ1n) is 13.5. The molecule has 1 heterocycles. The van der Waals surface area contributed by atoms with E-state index in [0.717, 1.165) is 28.9 Å². The fraction of sp³-hybridized carbons (Fsp3) is 0.533. The van der Waals surface area contributed by atoms with Gasteiger partial charge in [-0.15, -0.1) is 0 Å². The number of benzene rings is 2. The average molecular weight is 547 g/mol. The standard InChI is InChI=1S/C30H34F4N2O3/c1-39-27(38)29(11-12-29)20-35-15-13-28(14-16-35,18-21-7-9-23(31)10-8-21)19-36(26(37)30(32,33)34)25-17-24(25)22-5-3-2-4-6-22/h2-10,24-25H,11-20H2,1H3/t24-,25+/m0/s1. The molecule has 2 aromatic rings. The molecule has 0 radical (unpaired) electrons. The summed E-state index contributed by atoms with van der Waals surface area (Å²) in [5.41, 5.74) is 0.664. The number of esters is 1. The van der Waals surface area contributed by atoms with E-state index in [4.69, 9.17) is 4.74 Å². The molecule has 5 nitrogen and oxygen atoms in total. The highest BCUT2D eigenvalue weighted by atomic mass is 19.4. The van der Waals surface area contributed by atoms with Crippen molar-refractivity contribution >= 4 is 11.9 Å². The Morgan fingerprint density at radius 3 is 2.21 bits per heavy atom. The van der Waals surface area contributed by atoms with E-state index in [0.29, 0.717) is 45.3 Å². The monoisotopic (exact) mass is 546 g/mol. The van der Waals surface area contributed by atoms with Gasteiger partial charge in [-0.05, 0) is 80.3 Å². The number of alkyl halides is 3. The Hall–Kier alpha value is -2.94. The van der Waals surface area contributed by atoms with Crippen molar-refractivity contribution in [3.05, 3.63) is 71.5 Å². The van der Waals surface area contributed by atoms with Crippen LogP contribution in [-0.4, -0.2) is 67.2 Å². The Morgan fingerprint density at radius 1 is 1.00 bits per heavy atom. The number of rotatable bonds is 9. The van der Waals surface area contributed by atoms with Crippen LogP contribution in [0.15, 0.2) is 54.6 Å². The Balaban J connectivity index is 1.38. The number of likely N-dealkylation sites (tertiary alicyclic amines) is 1. The molecule has 5 rings (SSSR count). The lowest BCUT2D eigenvalue weighted by Gasteiger charge is -2.45. The second-order valence-corrected chi connectivity index (χ2v) is 11.6. The van der Waals surface area contributed by atoms with Gasteiger partial charge in [0.25, 0.3) is 0 Å². The molecular weight excluding hydrogens is 512 g/mol. The highest BCUT2D eigenvalue weighted by molar-refractivity contribution is 5.83.